The van der Waals surface area contributed by atoms with E-state index in [1.54, 1.807) is 17.5 Å². The van der Waals surface area contributed by atoms with Gasteiger partial charge < -0.3 is 19.1 Å². The van der Waals surface area contributed by atoms with E-state index >= 15 is 0 Å². The van der Waals surface area contributed by atoms with Gasteiger partial charge >= 0.3 is 0 Å². The molecule has 1 aromatic heterocycles. The highest BCUT2D eigenvalue weighted by atomic mass is 127. The summed E-state index contributed by atoms with van der Waals surface area (Å²) in [7, 11) is 6.61. The quantitative estimate of drug-likeness (QED) is 0.181. The van der Waals surface area contributed by atoms with Crippen molar-refractivity contribution in [3.63, 3.8) is 0 Å². The van der Waals surface area contributed by atoms with E-state index in [0.717, 1.165) is 20.8 Å². The summed E-state index contributed by atoms with van der Waals surface area (Å²) >= 11 is 3.76. The molecule has 0 fully saturated rings. The molecule has 0 aliphatic rings. The minimum Gasteiger partial charge on any atom is -0.493 e. The fourth-order valence-corrected chi connectivity index (χ4v) is 4.00. The summed E-state index contributed by atoms with van der Waals surface area (Å²) in [4.78, 5) is 19.7. The number of carbonyl (C=O) groups excluding carboxylic acids is 1. The Labute approximate surface area is 187 Å². The van der Waals surface area contributed by atoms with Crippen molar-refractivity contribution in [1.29, 1.82) is 0 Å². The highest BCUT2D eigenvalue weighted by Crippen LogP contribution is 2.39. The SMILES string of the molecule is COc1cc(C(=O)c2csc(-c3ccc(N(C)CI)cc3)n2)cc(OC)c1OC. The highest BCUT2D eigenvalue weighted by molar-refractivity contribution is 14.1. The van der Waals surface area contributed by atoms with Crippen LogP contribution < -0.4 is 19.1 Å². The Bertz CT molecular complexity index is 979. The normalized spacial score (nSPS) is 10.5. The minimum atomic E-state index is -0.201. The van der Waals surface area contributed by atoms with Crippen molar-refractivity contribution in [3.05, 3.63) is 53.0 Å². The van der Waals surface area contributed by atoms with Crippen molar-refractivity contribution in [2.45, 2.75) is 0 Å². The number of alkyl halides is 1. The van der Waals surface area contributed by atoms with Crippen LogP contribution in [0.2, 0.25) is 0 Å². The smallest absolute Gasteiger partial charge is 0.212 e. The molecule has 6 nitrogen and oxygen atoms in total. The summed E-state index contributed by atoms with van der Waals surface area (Å²) in [5.74, 6) is 1.11. The predicted octanol–water partition coefficient (Wildman–Crippen LogP) is 4.90. The summed E-state index contributed by atoms with van der Waals surface area (Å²) in [6, 6.07) is 11.4. The first-order chi connectivity index (χ1) is 14.0. The van der Waals surface area contributed by atoms with Crippen molar-refractivity contribution in [1.82, 2.24) is 4.98 Å². The summed E-state index contributed by atoms with van der Waals surface area (Å²) < 4.78 is 16.9. The topological polar surface area (TPSA) is 60.9 Å². The Hall–Kier alpha value is -2.33. The zero-order valence-corrected chi connectivity index (χ0v) is 19.5. The Kier molecular flexibility index (Phi) is 6.96. The van der Waals surface area contributed by atoms with Crippen molar-refractivity contribution >= 4 is 45.4 Å². The molecule has 2 aromatic carbocycles. The van der Waals surface area contributed by atoms with Gasteiger partial charge in [-0.2, -0.15) is 0 Å². The Morgan fingerprint density at radius 3 is 2.21 bits per heavy atom. The van der Waals surface area contributed by atoms with Crippen LogP contribution in [0.3, 0.4) is 0 Å². The number of nitrogens with zero attached hydrogens (tertiary/aromatic N) is 2. The van der Waals surface area contributed by atoms with E-state index < -0.39 is 0 Å². The van der Waals surface area contributed by atoms with Crippen LogP contribution in [0.15, 0.2) is 41.8 Å². The first kappa shape index (κ1) is 21.4. The second kappa shape index (κ2) is 9.45. The fraction of sp³-hybridized carbons (Fsp3) is 0.238. The average Bonchev–Trinajstić information content (AvgIpc) is 3.27. The molecule has 0 aliphatic heterocycles. The van der Waals surface area contributed by atoms with Crippen molar-refractivity contribution in [3.8, 4) is 27.8 Å². The third kappa shape index (κ3) is 4.48. The molecule has 0 N–H and O–H groups in total. The number of halogens is 1. The first-order valence-corrected chi connectivity index (χ1v) is 11.1. The van der Waals surface area contributed by atoms with Crippen LogP contribution in [0.4, 0.5) is 5.69 Å². The second-order valence-electron chi connectivity index (χ2n) is 6.15. The summed E-state index contributed by atoms with van der Waals surface area (Å²) in [6.45, 7) is 0. The largest absolute Gasteiger partial charge is 0.493 e. The second-order valence-corrected chi connectivity index (χ2v) is 7.69. The number of thiazole rings is 1. The average molecular weight is 524 g/mol. The van der Waals surface area contributed by atoms with E-state index in [-0.39, 0.29) is 5.78 Å². The Morgan fingerprint density at radius 1 is 1.07 bits per heavy atom. The lowest BCUT2D eigenvalue weighted by Crippen LogP contribution is -2.13. The lowest BCUT2D eigenvalue weighted by Gasteiger charge is -2.15. The molecule has 0 bridgehead atoms. The van der Waals surface area contributed by atoms with Crippen LogP contribution in [-0.4, -0.2) is 43.7 Å². The van der Waals surface area contributed by atoms with Gasteiger partial charge in [-0.3, -0.25) is 4.79 Å². The van der Waals surface area contributed by atoms with Crippen LogP contribution >= 0.6 is 33.9 Å². The summed E-state index contributed by atoms with van der Waals surface area (Å²) in [5.41, 5.74) is 2.92. The van der Waals surface area contributed by atoms with Crippen LogP contribution in [0.5, 0.6) is 17.2 Å². The lowest BCUT2D eigenvalue weighted by atomic mass is 10.1. The number of hydrogen-bond donors (Lipinski definition) is 0. The van der Waals surface area contributed by atoms with Crippen molar-refractivity contribution in [2.24, 2.45) is 0 Å². The number of methoxy groups -OCH3 is 3. The van der Waals surface area contributed by atoms with E-state index in [1.165, 1.54) is 32.7 Å². The van der Waals surface area contributed by atoms with Gasteiger partial charge in [0.25, 0.3) is 0 Å². The molecule has 3 aromatic rings. The number of aromatic nitrogens is 1. The first-order valence-electron chi connectivity index (χ1n) is 8.70. The maximum absolute atomic E-state index is 13.0. The van der Waals surface area contributed by atoms with Crippen molar-refractivity contribution in [2.75, 3.05) is 37.8 Å². The molecule has 0 radical (unpaired) electrons. The van der Waals surface area contributed by atoms with Gasteiger partial charge in [0.1, 0.15) is 10.7 Å². The third-order valence-corrected chi connectivity index (χ3v) is 6.31. The maximum atomic E-state index is 13.0. The molecule has 0 spiro atoms. The molecular weight excluding hydrogens is 503 g/mol. The highest BCUT2D eigenvalue weighted by Gasteiger charge is 2.20. The predicted molar refractivity (Wildman–Crippen MR) is 124 cm³/mol. The van der Waals surface area contributed by atoms with Gasteiger partial charge in [-0.15, -0.1) is 11.3 Å². The molecule has 29 heavy (non-hydrogen) atoms. The number of rotatable bonds is 8. The monoisotopic (exact) mass is 524 g/mol. The number of carbonyl (C=O) groups is 1. The van der Waals surface area contributed by atoms with Gasteiger partial charge in [0, 0.05) is 29.2 Å². The zero-order valence-electron chi connectivity index (χ0n) is 16.6. The van der Waals surface area contributed by atoms with Gasteiger partial charge in [-0.1, -0.05) is 22.6 Å². The molecule has 3 rings (SSSR count). The molecule has 0 amide bonds. The molecule has 8 heteroatoms. The summed E-state index contributed by atoms with van der Waals surface area (Å²) in [6.07, 6.45) is 0. The molecular formula is C21H21IN2O4S. The minimum absolute atomic E-state index is 0.201. The third-order valence-electron chi connectivity index (χ3n) is 4.40. The van der Waals surface area contributed by atoms with Gasteiger partial charge in [0.05, 0.1) is 25.9 Å². The molecule has 152 valence electrons. The number of hydrogen-bond acceptors (Lipinski definition) is 7. The van der Waals surface area contributed by atoms with E-state index in [9.17, 15) is 4.79 Å². The Morgan fingerprint density at radius 2 is 1.69 bits per heavy atom. The zero-order chi connectivity index (χ0) is 21.0. The number of ketones is 1. The number of ether oxygens (including phenoxy) is 3. The van der Waals surface area contributed by atoms with Gasteiger partial charge in [0.15, 0.2) is 11.5 Å². The summed E-state index contributed by atoms with van der Waals surface area (Å²) in [5, 5.41) is 2.57. The van der Waals surface area contributed by atoms with E-state index in [1.807, 2.05) is 19.2 Å². The number of benzene rings is 2. The van der Waals surface area contributed by atoms with E-state index in [2.05, 4.69) is 44.6 Å². The molecule has 0 saturated carbocycles. The molecule has 1 heterocycles. The molecule has 0 atom stereocenters. The molecule has 0 saturated heterocycles. The fourth-order valence-electron chi connectivity index (χ4n) is 2.80. The van der Waals surface area contributed by atoms with Gasteiger partial charge in [-0.05, 0) is 36.4 Å². The van der Waals surface area contributed by atoms with E-state index in [4.69, 9.17) is 14.2 Å². The van der Waals surface area contributed by atoms with E-state index in [0.29, 0.717) is 28.5 Å². The molecule has 0 aliphatic carbocycles. The standard InChI is InChI=1S/C21H21IN2O4S/c1-24(12-22)15-7-5-13(6-8-15)21-23-16(11-29-21)19(25)14-9-17(26-2)20(28-4)18(10-14)27-3/h5-11H,12H2,1-4H3. The van der Waals surface area contributed by atoms with Gasteiger partial charge in [0.2, 0.25) is 11.5 Å². The van der Waals surface area contributed by atoms with Crippen LogP contribution in [-0.2, 0) is 0 Å². The van der Waals surface area contributed by atoms with Crippen LogP contribution in [0.1, 0.15) is 16.1 Å². The maximum Gasteiger partial charge on any atom is 0.212 e. The molecule has 0 unspecified atom stereocenters. The van der Waals surface area contributed by atoms with Crippen LogP contribution in [0, 0.1) is 0 Å². The Balaban J connectivity index is 1.89. The van der Waals surface area contributed by atoms with Crippen molar-refractivity contribution < 1.29 is 19.0 Å². The van der Waals surface area contributed by atoms with Crippen LogP contribution in [0.25, 0.3) is 10.6 Å². The number of anilines is 1. The lowest BCUT2D eigenvalue weighted by molar-refractivity contribution is 0.103. The van der Waals surface area contributed by atoms with Gasteiger partial charge in [-0.25, -0.2) is 4.98 Å².